The number of benzene rings is 2. The Morgan fingerprint density at radius 1 is 0.933 bits per heavy atom. The Bertz CT molecular complexity index is 1650. The number of allylic oxidation sites excluding steroid dienone is 1. The van der Waals surface area contributed by atoms with E-state index in [0.29, 0.717) is 27.6 Å². The molecule has 1 aliphatic rings. The lowest BCUT2D eigenvalue weighted by molar-refractivity contribution is -0.141. The molecule has 1 atom stereocenters. The van der Waals surface area contributed by atoms with Crippen molar-refractivity contribution in [2.45, 2.75) is 37.6 Å². The summed E-state index contributed by atoms with van der Waals surface area (Å²) in [4.78, 5) is 28.5. The topological polar surface area (TPSA) is 79.3 Å². The van der Waals surface area contributed by atoms with Gasteiger partial charge in [0.15, 0.2) is 17.1 Å². The van der Waals surface area contributed by atoms with E-state index in [0.717, 1.165) is 33.4 Å². The molecule has 0 saturated carbocycles. The quantitative estimate of drug-likeness (QED) is 0.154. The third-order valence-electron chi connectivity index (χ3n) is 5.76. The average molecular weight is 793 g/mol. The van der Waals surface area contributed by atoms with Crippen molar-refractivity contribution in [1.29, 1.82) is 0 Å². The van der Waals surface area contributed by atoms with Crippen LogP contribution in [0.1, 0.15) is 19.5 Å². The van der Waals surface area contributed by atoms with Gasteiger partial charge in [0.05, 0.1) is 11.4 Å². The molecular weight excluding hydrogens is 770 g/mol. The smallest absolute Gasteiger partial charge is 0.348 e. The first-order valence-electron chi connectivity index (χ1n) is 12.6. The molecule has 2 N–H and O–H groups in total. The number of hydrogen-bond donors (Lipinski definition) is 2. The lowest BCUT2D eigenvalue weighted by Crippen LogP contribution is -2.61. The summed E-state index contributed by atoms with van der Waals surface area (Å²) < 4.78 is 107. The fraction of sp³-hybridized carbons (Fsp3) is 0.296. The van der Waals surface area contributed by atoms with Gasteiger partial charge in [-0.05, 0) is 48.6 Å². The Balaban J connectivity index is 0.000000248. The molecule has 1 aliphatic heterocycles. The van der Waals surface area contributed by atoms with Crippen LogP contribution in [0.3, 0.4) is 0 Å². The lowest BCUT2D eigenvalue weighted by atomic mass is 10.2. The molecule has 1 amide bonds. The molecular formula is C27H23Br2F8N5O2S. The highest BCUT2D eigenvalue weighted by Crippen LogP contribution is 2.31. The van der Waals surface area contributed by atoms with Crippen LogP contribution in [0.4, 0.5) is 40.8 Å². The number of rotatable bonds is 6. The molecule has 0 bridgehead atoms. The zero-order valence-electron chi connectivity index (χ0n) is 23.3. The number of alkyl halides is 6. The molecule has 3 aromatic rings. The normalized spacial score (nSPS) is 15.4. The maximum Gasteiger partial charge on any atom is 0.433 e. The molecule has 0 radical (unpaired) electrons. The van der Waals surface area contributed by atoms with Gasteiger partial charge in [0.25, 0.3) is 11.5 Å². The van der Waals surface area contributed by atoms with Crippen LogP contribution in [-0.4, -0.2) is 40.7 Å². The van der Waals surface area contributed by atoms with Crippen molar-refractivity contribution in [3.63, 3.8) is 0 Å². The first kappa shape index (κ1) is 36.5. The van der Waals surface area contributed by atoms with Crippen molar-refractivity contribution in [3.05, 3.63) is 90.9 Å². The van der Waals surface area contributed by atoms with Crippen molar-refractivity contribution >= 4 is 55.2 Å². The molecule has 1 aromatic heterocycles. The van der Waals surface area contributed by atoms with E-state index >= 15 is 0 Å². The highest BCUT2D eigenvalue weighted by molar-refractivity contribution is 9.10. The summed E-state index contributed by atoms with van der Waals surface area (Å²) in [6.07, 6.45) is -8.76. The van der Waals surface area contributed by atoms with Crippen molar-refractivity contribution in [2.75, 3.05) is 17.7 Å². The van der Waals surface area contributed by atoms with E-state index in [4.69, 9.17) is 0 Å². The van der Waals surface area contributed by atoms with Crippen molar-refractivity contribution in [3.8, 4) is 5.69 Å². The second kappa shape index (κ2) is 14.6. The lowest BCUT2D eigenvalue weighted by Gasteiger charge is -2.37. The van der Waals surface area contributed by atoms with Gasteiger partial charge in [-0.15, -0.1) is 0 Å². The summed E-state index contributed by atoms with van der Waals surface area (Å²) in [5, 5.41) is 4.80. The van der Waals surface area contributed by atoms with E-state index in [1.165, 1.54) is 30.5 Å². The highest BCUT2D eigenvalue weighted by Gasteiger charge is 2.42. The predicted octanol–water partition coefficient (Wildman–Crippen LogP) is 7.37. The van der Waals surface area contributed by atoms with E-state index in [1.54, 1.807) is 0 Å². The number of nitrogens with one attached hydrogen (secondary N) is 2. The summed E-state index contributed by atoms with van der Waals surface area (Å²) in [5.74, 6) is -2.30. The van der Waals surface area contributed by atoms with E-state index in [-0.39, 0.29) is 22.4 Å². The molecule has 0 aliphatic carbocycles. The number of thioether (sulfide) groups is 1. The standard InChI is InChI=1S/C15H16BrF4N3O.C12H7BrF4N2OS/c1-8(2)7-21-14-22-12(15(18,19)20)6-13(24)23(14)11-4-3-9(16)5-10(11)17;1-21-11-18-9(12(15,16)17)5-10(20)19(11)8-3-2-6(13)4-7(8)14/h3-6,8,14,21-22H,7H2,1-2H3;2-5H,1H3. The monoisotopic (exact) mass is 791 g/mol. The summed E-state index contributed by atoms with van der Waals surface area (Å²) in [6.45, 7) is 4.07. The fourth-order valence-electron chi connectivity index (χ4n) is 3.79. The number of anilines is 1. The Morgan fingerprint density at radius 2 is 1.49 bits per heavy atom. The van der Waals surface area contributed by atoms with Gasteiger partial charge in [-0.25, -0.2) is 13.8 Å². The minimum absolute atomic E-state index is 0.116. The average Bonchev–Trinajstić information content (AvgIpc) is 2.91. The Hall–Kier alpha value is -2.96. The molecule has 0 saturated heterocycles. The molecule has 244 valence electrons. The molecule has 1 unspecified atom stereocenters. The number of halogens is 10. The zero-order chi connectivity index (χ0) is 33.9. The Kier molecular flexibility index (Phi) is 11.9. The van der Waals surface area contributed by atoms with E-state index in [1.807, 2.05) is 13.8 Å². The Morgan fingerprint density at radius 3 is 1.96 bits per heavy atom. The van der Waals surface area contributed by atoms with Crippen LogP contribution >= 0.6 is 43.6 Å². The Labute approximate surface area is 272 Å². The van der Waals surface area contributed by atoms with E-state index in [9.17, 15) is 44.7 Å². The molecule has 18 heteroatoms. The fourth-order valence-corrected chi connectivity index (χ4v) is 5.02. The molecule has 2 aromatic carbocycles. The van der Waals surface area contributed by atoms with Gasteiger partial charge in [0, 0.05) is 27.6 Å². The van der Waals surface area contributed by atoms with Crippen LogP contribution in [0.15, 0.2) is 73.1 Å². The second-order valence-electron chi connectivity index (χ2n) is 9.60. The van der Waals surface area contributed by atoms with Gasteiger partial charge >= 0.3 is 12.4 Å². The maximum atomic E-state index is 14.2. The summed E-state index contributed by atoms with van der Waals surface area (Å²) in [5.41, 5.74) is -3.74. The van der Waals surface area contributed by atoms with Crippen LogP contribution in [0, 0.1) is 17.6 Å². The second-order valence-corrected chi connectivity index (χ2v) is 12.2. The van der Waals surface area contributed by atoms with Crippen molar-refractivity contribution < 1.29 is 39.9 Å². The number of amides is 1. The minimum atomic E-state index is -4.74. The number of carbonyl (C=O) groups excluding carboxylic acids is 1. The van der Waals surface area contributed by atoms with Crippen molar-refractivity contribution in [2.24, 2.45) is 5.92 Å². The highest BCUT2D eigenvalue weighted by atomic mass is 79.9. The molecule has 0 fully saturated rings. The molecule has 7 nitrogen and oxygen atoms in total. The number of aromatic nitrogens is 2. The number of carbonyl (C=O) groups is 1. The summed E-state index contributed by atoms with van der Waals surface area (Å²) in [6, 6.07) is 8.21. The van der Waals surface area contributed by atoms with Gasteiger partial charge in [0.1, 0.15) is 17.3 Å². The van der Waals surface area contributed by atoms with E-state index in [2.05, 4.69) is 47.5 Å². The molecule has 0 spiro atoms. The molecule has 2 heterocycles. The molecule has 4 rings (SSSR count). The van der Waals surface area contributed by atoms with Gasteiger partial charge in [-0.2, -0.15) is 26.3 Å². The van der Waals surface area contributed by atoms with Gasteiger partial charge in [0.2, 0.25) is 0 Å². The third-order valence-corrected chi connectivity index (χ3v) is 7.39. The van der Waals surface area contributed by atoms with Crippen LogP contribution < -0.4 is 21.1 Å². The van der Waals surface area contributed by atoms with Gasteiger partial charge in [-0.1, -0.05) is 57.5 Å². The predicted molar refractivity (Wildman–Crippen MR) is 160 cm³/mol. The zero-order valence-corrected chi connectivity index (χ0v) is 27.3. The summed E-state index contributed by atoms with van der Waals surface area (Å²) >= 11 is 6.99. The van der Waals surface area contributed by atoms with Crippen LogP contribution in [0.25, 0.3) is 5.69 Å². The number of nitrogens with zero attached hydrogens (tertiary/aromatic N) is 3. The SMILES string of the molecule is CC(C)CNC1NC(C(F)(F)F)=CC(=O)N1c1ccc(Br)cc1F.CSc1nc(C(F)(F)F)cc(=O)n1-c1ccc(Br)cc1F. The minimum Gasteiger partial charge on any atom is -0.348 e. The van der Waals surface area contributed by atoms with Gasteiger partial charge in [-0.3, -0.25) is 24.4 Å². The first-order chi connectivity index (χ1) is 20.8. The van der Waals surface area contributed by atoms with Gasteiger partial charge < -0.3 is 5.32 Å². The van der Waals surface area contributed by atoms with Crippen LogP contribution in [-0.2, 0) is 11.0 Å². The first-order valence-corrected chi connectivity index (χ1v) is 15.4. The van der Waals surface area contributed by atoms with Crippen LogP contribution in [0.5, 0.6) is 0 Å². The number of hydrogen-bond acceptors (Lipinski definition) is 6. The largest absolute Gasteiger partial charge is 0.433 e. The van der Waals surface area contributed by atoms with Crippen molar-refractivity contribution in [1.82, 2.24) is 20.2 Å². The maximum absolute atomic E-state index is 14.2. The third kappa shape index (κ3) is 9.29. The van der Waals surface area contributed by atoms with Crippen LogP contribution in [0.2, 0.25) is 0 Å². The van der Waals surface area contributed by atoms with E-state index < -0.39 is 53.1 Å². The molecule has 45 heavy (non-hydrogen) atoms. The summed E-state index contributed by atoms with van der Waals surface area (Å²) in [7, 11) is 0.